The highest BCUT2D eigenvalue weighted by Crippen LogP contribution is 2.67. The van der Waals surface area contributed by atoms with Crippen molar-refractivity contribution < 1.29 is 24.2 Å². The summed E-state index contributed by atoms with van der Waals surface area (Å²) in [5.41, 5.74) is -0.130. The normalized spacial score (nSPS) is 44.0. The highest BCUT2D eigenvalue weighted by atomic mass is 16.6. The fourth-order valence-electron chi connectivity index (χ4n) is 8.79. The molecule has 5 heteroatoms. The van der Waals surface area contributed by atoms with E-state index in [-0.39, 0.29) is 34.8 Å². The fraction of sp³-hybridized carbons (Fsp3) is 0.929. The largest absolute Gasteiger partial charge is 0.466 e. The molecule has 4 aliphatic rings. The van der Waals surface area contributed by atoms with E-state index in [1.54, 1.807) is 0 Å². The molecule has 3 saturated carbocycles. The van der Waals surface area contributed by atoms with E-state index in [0.29, 0.717) is 49.0 Å². The third-order valence-electron chi connectivity index (χ3n) is 10.4. The molecule has 3 aliphatic carbocycles. The van der Waals surface area contributed by atoms with Gasteiger partial charge in [0.15, 0.2) is 0 Å². The molecule has 188 valence electrons. The second-order valence-corrected chi connectivity index (χ2v) is 13.3. The van der Waals surface area contributed by atoms with Gasteiger partial charge in [0.05, 0.1) is 12.7 Å². The van der Waals surface area contributed by atoms with Gasteiger partial charge >= 0.3 is 11.9 Å². The summed E-state index contributed by atoms with van der Waals surface area (Å²) in [5, 5.41) is 11.4. The van der Waals surface area contributed by atoms with E-state index >= 15 is 0 Å². The Balaban J connectivity index is 1.47. The van der Waals surface area contributed by atoms with Crippen molar-refractivity contribution in [3.05, 3.63) is 0 Å². The monoisotopic (exact) mass is 462 g/mol. The topological polar surface area (TPSA) is 72.8 Å². The van der Waals surface area contributed by atoms with Crippen molar-refractivity contribution in [3.63, 3.8) is 0 Å². The van der Waals surface area contributed by atoms with Gasteiger partial charge in [-0.05, 0) is 112 Å². The molecular weight excluding hydrogens is 416 g/mol. The fourth-order valence-corrected chi connectivity index (χ4v) is 8.79. The first kappa shape index (κ1) is 25.0. The minimum Gasteiger partial charge on any atom is -0.466 e. The van der Waals surface area contributed by atoms with E-state index < -0.39 is 5.60 Å². The van der Waals surface area contributed by atoms with Gasteiger partial charge in [-0.1, -0.05) is 20.8 Å². The van der Waals surface area contributed by atoms with Crippen molar-refractivity contribution in [1.29, 1.82) is 0 Å². The summed E-state index contributed by atoms with van der Waals surface area (Å²) in [4.78, 5) is 24.5. The summed E-state index contributed by atoms with van der Waals surface area (Å²) < 4.78 is 11.0. The molecule has 0 spiro atoms. The van der Waals surface area contributed by atoms with Gasteiger partial charge in [0.2, 0.25) is 0 Å². The van der Waals surface area contributed by atoms with Gasteiger partial charge in [0.1, 0.15) is 5.60 Å². The SMILES string of the molecule is C[C@H](CCC(=O)OC(C)(C)C)[C@H]1CC[C@H]2[C@@H]3[C@@H](O)C[C@@H]4CC(=O)OCC[C@]4(C)[C@H]3CC[C@]12C. The molecule has 5 nitrogen and oxygen atoms in total. The summed E-state index contributed by atoms with van der Waals surface area (Å²) in [5.74, 6) is 2.42. The van der Waals surface area contributed by atoms with Crippen molar-refractivity contribution in [2.24, 2.45) is 46.3 Å². The lowest BCUT2D eigenvalue weighted by Gasteiger charge is -2.60. The molecule has 0 bridgehead atoms. The lowest BCUT2D eigenvalue weighted by molar-refractivity contribution is -0.158. The lowest BCUT2D eigenvalue weighted by Crippen LogP contribution is -2.57. The predicted molar refractivity (Wildman–Crippen MR) is 127 cm³/mol. The van der Waals surface area contributed by atoms with Crippen LogP contribution in [0.5, 0.6) is 0 Å². The molecule has 4 fully saturated rings. The first-order valence-corrected chi connectivity index (χ1v) is 13.4. The predicted octanol–water partition coefficient (Wildman–Crippen LogP) is 5.53. The van der Waals surface area contributed by atoms with Crippen LogP contribution in [0.2, 0.25) is 0 Å². The molecule has 33 heavy (non-hydrogen) atoms. The van der Waals surface area contributed by atoms with E-state index in [9.17, 15) is 14.7 Å². The number of carbonyl (C=O) groups is 2. The van der Waals surface area contributed by atoms with Crippen LogP contribution in [0, 0.1) is 46.3 Å². The summed E-state index contributed by atoms with van der Waals surface area (Å²) in [6, 6.07) is 0. The number of esters is 2. The van der Waals surface area contributed by atoms with Crippen LogP contribution in [0.3, 0.4) is 0 Å². The van der Waals surface area contributed by atoms with E-state index in [1.807, 2.05) is 20.8 Å². The van der Waals surface area contributed by atoms with Crippen molar-refractivity contribution in [2.75, 3.05) is 6.61 Å². The number of fused-ring (bicyclic) bond motifs is 5. The Morgan fingerprint density at radius 2 is 1.85 bits per heavy atom. The molecule has 4 rings (SSSR count). The maximum Gasteiger partial charge on any atom is 0.306 e. The number of rotatable bonds is 4. The molecular formula is C28H46O5. The van der Waals surface area contributed by atoms with E-state index in [2.05, 4.69) is 20.8 Å². The Morgan fingerprint density at radius 3 is 2.55 bits per heavy atom. The molecule has 0 unspecified atom stereocenters. The van der Waals surface area contributed by atoms with E-state index in [0.717, 1.165) is 25.7 Å². The van der Waals surface area contributed by atoms with Crippen LogP contribution in [0.4, 0.5) is 0 Å². The van der Waals surface area contributed by atoms with Crippen LogP contribution in [-0.2, 0) is 19.1 Å². The van der Waals surface area contributed by atoms with Gasteiger partial charge in [0, 0.05) is 12.8 Å². The van der Waals surface area contributed by atoms with Gasteiger partial charge in [0.25, 0.3) is 0 Å². The Bertz CT molecular complexity index is 756. The van der Waals surface area contributed by atoms with Gasteiger partial charge in [-0.2, -0.15) is 0 Å². The minimum atomic E-state index is -0.429. The number of ether oxygens (including phenoxy) is 2. The third-order valence-corrected chi connectivity index (χ3v) is 10.4. The molecule has 1 N–H and O–H groups in total. The van der Waals surface area contributed by atoms with Crippen LogP contribution in [0.1, 0.15) is 99.3 Å². The summed E-state index contributed by atoms with van der Waals surface area (Å²) in [7, 11) is 0. The maximum absolute atomic E-state index is 12.3. The van der Waals surface area contributed by atoms with Crippen molar-refractivity contribution in [1.82, 2.24) is 0 Å². The Labute approximate surface area is 200 Å². The number of hydrogen-bond acceptors (Lipinski definition) is 5. The molecule has 1 saturated heterocycles. The van der Waals surface area contributed by atoms with Crippen LogP contribution < -0.4 is 0 Å². The number of cyclic esters (lactones) is 1. The maximum atomic E-state index is 12.3. The van der Waals surface area contributed by atoms with Crippen LogP contribution in [0.25, 0.3) is 0 Å². The molecule has 9 atom stereocenters. The van der Waals surface area contributed by atoms with Crippen molar-refractivity contribution in [3.8, 4) is 0 Å². The zero-order valence-electron chi connectivity index (χ0n) is 21.7. The number of carbonyl (C=O) groups excluding carboxylic acids is 2. The van der Waals surface area contributed by atoms with Crippen LogP contribution in [0.15, 0.2) is 0 Å². The molecule has 0 radical (unpaired) electrons. The average Bonchev–Trinajstić information content (AvgIpc) is 2.97. The number of hydrogen-bond donors (Lipinski definition) is 1. The highest BCUT2D eigenvalue weighted by Gasteiger charge is 2.62. The van der Waals surface area contributed by atoms with Gasteiger partial charge < -0.3 is 14.6 Å². The van der Waals surface area contributed by atoms with Gasteiger partial charge in [-0.15, -0.1) is 0 Å². The summed E-state index contributed by atoms with van der Waals surface area (Å²) in [6.45, 7) is 13.5. The highest BCUT2D eigenvalue weighted by molar-refractivity contribution is 5.70. The lowest BCUT2D eigenvalue weighted by atomic mass is 9.45. The van der Waals surface area contributed by atoms with Crippen molar-refractivity contribution >= 4 is 11.9 Å². The molecule has 0 aromatic carbocycles. The smallest absolute Gasteiger partial charge is 0.306 e. The zero-order valence-corrected chi connectivity index (χ0v) is 21.7. The Hall–Kier alpha value is -1.10. The van der Waals surface area contributed by atoms with Gasteiger partial charge in [-0.25, -0.2) is 0 Å². The van der Waals surface area contributed by atoms with E-state index in [4.69, 9.17) is 9.47 Å². The minimum absolute atomic E-state index is 0.0812. The number of aliphatic hydroxyl groups excluding tert-OH is 1. The second kappa shape index (κ2) is 8.84. The second-order valence-electron chi connectivity index (χ2n) is 13.3. The molecule has 1 heterocycles. The Kier molecular flexibility index (Phi) is 6.70. The van der Waals surface area contributed by atoms with Crippen molar-refractivity contribution in [2.45, 2.75) is 111 Å². The first-order chi connectivity index (χ1) is 15.3. The van der Waals surface area contributed by atoms with Crippen LogP contribution >= 0.6 is 0 Å². The summed E-state index contributed by atoms with van der Waals surface area (Å²) >= 11 is 0. The van der Waals surface area contributed by atoms with Crippen LogP contribution in [-0.4, -0.2) is 35.4 Å². The third kappa shape index (κ3) is 4.60. The molecule has 1 aliphatic heterocycles. The number of aliphatic hydroxyl groups is 1. The molecule has 0 aromatic rings. The quantitative estimate of drug-likeness (QED) is 0.556. The first-order valence-electron chi connectivity index (χ1n) is 13.4. The van der Waals surface area contributed by atoms with E-state index in [1.165, 1.54) is 19.3 Å². The summed E-state index contributed by atoms with van der Waals surface area (Å²) in [6.07, 6.45) is 7.84. The molecule has 0 aromatic heterocycles. The Morgan fingerprint density at radius 1 is 1.15 bits per heavy atom. The average molecular weight is 463 g/mol. The van der Waals surface area contributed by atoms with Gasteiger partial charge in [-0.3, -0.25) is 9.59 Å². The molecule has 0 amide bonds. The standard InChI is InChI=1S/C28H46O5/c1-17(7-10-23(30)33-26(2,3)4)19-8-9-20-25-21(11-12-28(19,20)6)27(5)13-14-32-24(31)16-18(27)15-22(25)29/h17-22,25,29H,7-16H2,1-6H3/t17-,18-,19-,20+,21+,22+,25+,27+,28-/m1/s1. The zero-order chi connectivity index (χ0) is 24.2.